The van der Waals surface area contributed by atoms with Gasteiger partial charge in [-0.2, -0.15) is 5.26 Å². The molecule has 1 atom stereocenters. The van der Waals surface area contributed by atoms with Gasteiger partial charge >= 0.3 is 0 Å². The summed E-state index contributed by atoms with van der Waals surface area (Å²) in [5, 5.41) is 11.2. The first-order chi connectivity index (χ1) is 8.81. The van der Waals surface area contributed by atoms with E-state index in [0.717, 1.165) is 13.0 Å². The van der Waals surface area contributed by atoms with Crippen molar-refractivity contribution in [2.75, 3.05) is 11.4 Å². The third-order valence-electron chi connectivity index (χ3n) is 3.33. The zero-order valence-electron chi connectivity index (χ0n) is 10.00. The van der Waals surface area contributed by atoms with Crippen LogP contribution in [0.2, 0.25) is 0 Å². The molecule has 2 aromatic rings. The van der Waals surface area contributed by atoms with Gasteiger partial charge in [-0.25, -0.2) is 9.97 Å². The summed E-state index contributed by atoms with van der Waals surface area (Å²) in [6.45, 7) is 3.04. The second-order valence-electron chi connectivity index (χ2n) is 4.26. The fourth-order valence-corrected chi connectivity index (χ4v) is 3.38. The van der Waals surface area contributed by atoms with E-state index in [1.807, 2.05) is 11.3 Å². The Morgan fingerprint density at radius 3 is 3.11 bits per heavy atom. The van der Waals surface area contributed by atoms with Crippen molar-refractivity contribution >= 4 is 17.2 Å². The van der Waals surface area contributed by atoms with Crippen molar-refractivity contribution in [2.45, 2.75) is 19.4 Å². The molecule has 1 unspecified atom stereocenters. The minimum Gasteiger partial charge on any atom is -0.347 e. The van der Waals surface area contributed by atoms with Crippen LogP contribution in [-0.4, -0.2) is 16.5 Å². The highest BCUT2D eigenvalue weighted by Gasteiger charge is 2.27. The minimum absolute atomic E-state index is 0.254. The SMILES string of the molecule is CC1c2ccsc2CCN1c1nccnc1C#N. The predicted octanol–water partition coefficient (Wildman–Crippen LogP) is 2.53. The molecule has 2 aromatic heterocycles. The Bertz CT molecular complexity index is 613. The minimum atomic E-state index is 0.254. The van der Waals surface area contributed by atoms with Gasteiger partial charge < -0.3 is 4.90 Å². The molecule has 1 aliphatic heterocycles. The molecular formula is C13H12N4S. The number of thiophene rings is 1. The monoisotopic (exact) mass is 256 g/mol. The van der Waals surface area contributed by atoms with Gasteiger partial charge in [0.25, 0.3) is 0 Å². The molecule has 90 valence electrons. The standard InChI is InChI=1S/C13H12N4S/c1-9-10-3-7-18-12(10)2-6-17(9)13-11(8-14)15-4-5-16-13/h3-5,7,9H,2,6H2,1H3. The van der Waals surface area contributed by atoms with Gasteiger partial charge in [-0.3, -0.25) is 0 Å². The fourth-order valence-electron chi connectivity index (χ4n) is 2.42. The van der Waals surface area contributed by atoms with Crippen LogP contribution in [0.5, 0.6) is 0 Å². The van der Waals surface area contributed by atoms with Gasteiger partial charge in [-0.1, -0.05) is 0 Å². The highest BCUT2D eigenvalue weighted by Crippen LogP contribution is 2.35. The van der Waals surface area contributed by atoms with E-state index in [4.69, 9.17) is 5.26 Å². The smallest absolute Gasteiger partial charge is 0.183 e. The molecule has 4 nitrogen and oxygen atoms in total. The van der Waals surface area contributed by atoms with Crippen molar-refractivity contribution in [2.24, 2.45) is 0 Å². The zero-order valence-corrected chi connectivity index (χ0v) is 10.8. The lowest BCUT2D eigenvalue weighted by atomic mass is 10.0. The average Bonchev–Trinajstić information content (AvgIpc) is 2.88. The number of rotatable bonds is 1. The summed E-state index contributed by atoms with van der Waals surface area (Å²) in [7, 11) is 0. The van der Waals surface area contributed by atoms with Crippen LogP contribution in [0.15, 0.2) is 23.8 Å². The van der Waals surface area contributed by atoms with E-state index in [1.54, 1.807) is 12.4 Å². The topological polar surface area (TPSA) is 52.8 Å². The van der Waals surface area contributed by atoms with E-state index >= 15 is 0 Å². The van der Waals surface area contributed by atoms with Crippen molar-refractivity contribution in [1.29, 1.82) is 5.26 Å². The van der Waals surface area contributed by atoms with Gasteiger partial charge in [0.2, 0.25) is 0 Å². The summed E-state index contributed by atoms with van der Waals surface area (Å²) in [5.41, 5.74) is 1.75. The lowest BCUT2D eigenvalue weighted by Crippen LogP contribution is -2.34. The summed E-state index contributed by atoms with van der Waals surface area (Å²) in [5.74, 6) is 0.698. The Hall–Kier alpha value is -1.93. The van der Waals surface area contributed by atoms with Crippen molar-refractivity contribution in [3.8, 4) is 6.07 Å². The molecule has 0 saturated carbocycles. The van der Waals surface area contributed by atoms with E-state index in [2.05, 4.69) is 39.3 Å². The van der Waals surface area contributed by atoms with E-state index in [1.165, 1.54) is 10.4 Å². The highest BCUT2D eigenvalue weighted by molar-refractivity contribution is 7.10. The summed E-state index contributed by atoms with van der Waals surface area (Å²) in [6, 6.07) is 4.54. The van der Waals surface area contributed by atoms with Gasteiger partial charge in [-0.05, 0) is 30.4 Å². The van der Waals surface area contributed by atoms with Gasteiger partial charge in [0.05, 0.1) is 6.04 Å². The first kappa shape index (κ1) is 11.2. The Morgan fingerprint density at radius 2 is 2.28 bits per heavy atom. The third-order valence-corrected chi connectivity index (χ3v) is 4.33. The molecule has 0 fully saturated rings. The van der Waals surface area contributed by atoms with Gasteiger partial charge in [0, 0.05) is 23.8 Å². The molecule has 0 saturated heterocycles. The largest absolute Gasteiger partial charge is 0.347 e. The summed E-state index contributed by atoms with van der Waals surface area (Å²) < 4.78 is 0. The second-order valence-corrected chi connectivity index (χ2v) is 5.26. The Morgan fingerprint density at radius 1 is 1.44 bits per heavy atom. The quantitative estimate of drug-likeness (QED) is 0.786. The molecule has 3 rings (SSSR count). The van der Waals surface area contributed by atoms with Crippen molar-refractivity contribution in [3.63, 3.8) is 0 Å². The lowest BCUT2D eigenvalue weighted by molar-refractivity contribution is 0.622. The van der Waals surface area contributed by atoms with E-state index in [0.29, 0.717) is 11.5 Å². The van der Waals surface area contributed by atoms with Crippen LogP contribution in [0.4, 0.5) is 5.82 Å². The van der Waals surface area contributed by atoms with Gasteiger partial charge in [-0.15, -0.1) is 11.3 Å². The van der Waals surface area contributed by atoms with Crippen LogP contribution >= 0.6 is 11.3 Å². The predicted molar refractivity (Wildman–Crippen MR) is 70.5 cm³/mol. The number of hydrogen-bond acceptors (Lipinski definition) is 5. The fraction of sp³-hybridized carbons (Fsp3) is 0.308. The van der Waals surface area contributed by atoms with Crippen molar-refractivity contribution in [3.05, 3.63) is 40.0 Å². The number of nitriles is 1. The Labute approximate surface area is 110 Å². The van der Waals surface area contributed by atoms with E-state index < -0.39 is 0 Å². The summed E-state index contributed by atoms with van der Waals surface area (Å²) in [4.78, 5) is 12.0. The maximum Gasteiger partial charge on any atom is 0.183 e. The number of fused-ring (bicyclic) bond motifs is 1. The van der Waals surface area contributed by atoms with Gasteiger partial charge in [0.1, 0.15) is 6.07 Å². The normalized spacial score (nSPS) is 18.2. The third kappa shape index (κ3) is 1.66. The molecule has 0 aromatic carbocycles. The molecule has 18 heavy (non-hydrogen) atoms. The molecule has 0 aliphatic carbocycles. The van der Waals surface area contributed by atoms with Crippen molar-refractivity contribution < 1.29 is 0 Å². The Balaban J connectivity index is 2.02. The lowest BCUT2D eigenvalue weighted by Gasteiger charge is -2.34. The number of nitrogens with zero attached hydrogens (tertiary/aromatic N) is 4. The molecule has 0 amide bonds. The molecular weight excluding hydrogens is 244 g/mol. The molecule has 0 radical (unpaired) electrons. The highest BCUT2D eigenvalue weighted by atomic mass is 32.1. The Kier molecular flexibility index (Phi) is 2.73. The first-order valence-electron chi connectivity index (χ1n) is 5.85. The molecule has 5 heteroatoms. The van der Waals surface area contributed by atoms with Crippen LogP contribution in [-0.2, 0) is 6.42 Å². The summed E-state index contributed by atoms with van der Waals surface area (Å²) in [6.07, 6.45) is 4.22. The molecule has 0 spiro atoms. The van der Waals surface area contributed by atoms with Crippen LogP contribution in [0.25, 0.3) is 0 Å². The number of anilines is 1. The van der Waals surface area contributed by atoms with Crippen LogP contribution < -0.4 is 4.90 Å². The van der Waals surface area contributed by atoms with E-state index in [9.17, 15) is 0 Å². The molecule has 1 aliphatic rings. The van der Waals surface area contributed by atoms with Crippen LogP contribution in [0.1, 0.15) is 29.1 Å². The van der Waals surface area contributed by atoms with Crippen LogP contribution in [0.3, 0.4) is 0 Å². The summed E-state index contributed by atoms with van der Waals surface area (Å²) >= 11 is 1.81. The zero-order chi connectivity index (χ0) is 12.5. The molecule has 0 N–H and O–H groups in total. The van der Waals surface area contributed by atoms with Gasteiger partial charge in [0.15, 0.2) is 11.5 Å². The maximum atomic E-state index is 9.11. The second kappa shape index (κ2) is 4.39. The first-order valence-corrected chi connectivity index (χ1v) is 6.73. The number of hydrogen-bond donors (Lipinski definition) is 0. The van der Waals surface area contributed by atoms with Crippen LogP contribution in [0, 0.1) is 11.3 Å². The van der Waals surface area contributed by atoms with E-state index in [-0.39, 0.29) is 6.04 Å². The number of aromatic nitrogens is 2. The maximum absolute atomic E-state index is 9.11. The van der Waals surface area contributed by atoms with Crippen molar-refractivity contribution in [1.82, 2.24) is 9.97 Å². The average molecular weight is 256 g/mol. The molecule has 0 bridgehead atoms. The molecule has 3 heterocycles.